The lowest BCUT2D eigenvalue weighted by molar-refractivity contribution is -0.747. The second-order valence-electron chi connectivity index (χ2n) is 6.25. The van der Waals surface area contributed by atoms with Crippen LogP contribution in [-0.2, 0) is 0 Å². The lowest BCUT2D eigenvalue weighted by Gasteiger charge is -2.42. The predicted molar refractivity (Wildman–Crippen MR) is 92.8 cm³/mol. The van der Waals surface area contributed by atoms with E-state index in [1.165, 1.54) is 0 Å². The van der Waals surface area contributed by atoms with Gasteiger partial charge < -0.3 is 10.4 Å². The molecule has 5 nitrogen and oxygen atoms in total. The molecule has 2 aromatic heterocycles. The van der Waals surface area contributed by atoms with Crippen LogP contribution in [0.2, 0.25) is 0 Å². The van der Waals surface area contributed by atoms with Crippen LogP contribution in [-0.4, -0.2) is 20.8 Å². The summed E-state index contributed by atoms with van der Waals surface area (Å²) < 4.78 is 2.00. The Labute approximate surface area is 146 Å². The van der Waals surface area contributed by atoms with Gasteiger partial charge in [0.1, 0.15) is 5.92 Å². The fraction of sp³-hybridized carbons (Fsp3) is 0.333. The average molecular weight is 339 g/mol. The molecule has 0 bridgehead atoms. The number of aliphatic hydroxyl groups is 1. The Bertz CT molecular complexity index is 800. The highest BCUT2D eigenvalue weighted by Crippen LogP contribution is 2.41. The Morgan fingerprint density at radius 3 is 2.79 bits per heavy atom. The van der Waals surface area contributed by atoms with Crippen LogP contribution in [0.3, 0.4) is 0 Å². The van der Waals surface area contributed by atoms with Gasteiger partial charge in [-0.1, -0.05) is 24.4 Å². The Kier molecular flexibility index (Phi) is 4.31. The van der Waals surface area contributed by atoms with Gasteiger partial charge in [0, 0.05) is 31.5 Å². The van der Waals surface area contributed by atoms with Gasteiger partial charge in [-0.2, -0.15) is 9.83 Å². The van der Waals surface area contributed by atoms with E-state index in [-0.39, 0.29) is 5.92 Å². The standard InChI is InChI=1S/C18H18N4OS/c1-12-6-3-4-9-22(12)16-15(13-7-5-8-20-11-13)14(10-19)17(24)21-18(16,2)23/h3-9,11,14-16,23H,1-2H3/p+1/t14-,15-,16+,18+/m0/s1. The number of nitriles is 1. The van der Waals surface area contributed by atoms with Crippen molar-refractivity contribution in [1.29, 1.82) is 5.26 Å². The van der Waals surface area contributed by atoms with Crippen molar-refractivity contribution in [3.63, 3.8) is 0 Å². The number of nitrogens with zero attached hydrogens (tertiary/aromatic N) is 3. The molecule has 0 aliphatic carbocycles. The fourth-order valence-electron chi connectivity index (χ4n) is 3.48. The molecular formula is C18H19N4OS+. The SMILES string of the molecule is Cc1cccc[n+]1[C@@H]1[C@@H](c2cccnc2)[C@H](C#N)C(=S)N[C@]1(C)O. The van der Waals surface area contributed by atoms with Crippen LogP contribution in [0.15, 0.2) is 48.9 Å². The lowest BCUT2D eigenvalue weighted by Crippen LogP contribution is -2.68. The van der Waals surface area contributed by atoms with Crippen LogP contribution in [0.4, 0.5) is 0 Å². The van der Waals surface area contributed by atoms with Crippen LogP contribution < -0.4 is 9.88 Å². The highest BCUT2D eigenvalue weighted by atomic mass is 32.1. The second-order valence-corrected chi connectivity index (χ2v) is 6.69. The molecule has 1 saturated heterocycles. The van der Waals surface area contributed by atoms with Crippen molar-refractivity contribution in [2.24, 2.45) is 5.92 Å². The molecule has 4 atom stereocenters. The van der Waals surface area contributed by atoms with E-state index < -0.39 is 17.7 Å². The quantitative estimate of drug-likeness (QED) is 0.644. The van der Waals surface area contributed by atoms with Crippen LogP contribution >= 0.6 is 12.2 Å². The van der Waals surface area contributed by atoms with Gasteiger partial charge in [0.15, 0.2) is 17.6 Å². The molecule has 2 N–H and O–H groups in total. The normalized spacial score (nSPS) is 29.6. The molecular weight excluding hydrogens is 320 g/mol. The summed E-state index contributed by atoms with van der Waals surface area (Å²) in [7, 11) is 0. The highest BCUT2D eigenvalue weighted by Gasteiger charge is 2.55. The number of hydrogen-bond donors (Lipinski definition) is 2. The van der Waals surface area contributed by atoms with E-state index >= 15 is 0 Å². The topological polar surface area (TPSA) is 72.8 Å². The van der Waals surface area contributed by atoms with Gasteiger partial charge in [0.05, 0.1) is 17.0 Å². The fourth-order valence-corrected chi connectivity index (χ4v) is 3.89. The summed E-state index contributed by atoms with van der Waals surface area (Å²) in [4.78, 5) is 4.55. The molecule has 2 aromatic rings. The number of rotatable bonds is 2. The van der Waals surface area contributed by atoms with E-state index in [1.807, 2.05) is 48.0 Å². The Balaban J connectivity index is 2.22. The maximum Gasteiger partial charge on any atom is 0.213 e. The predicted octanol–water partition coefficient (Wildman–Crippen LogP) is 1.78. The first-order valence-corrected chi connectivity index (χ1v) is 8.17. The first-order valence-electron chi connectivity index (χ1n) is 7.76. The molecule has 0 aromatic carbocycles. The molecule has 6 heteroatoms. The van der Waals surface area contributed by atoms with Crippen molar-refractivity contribution < 1.29 is 9.67 Å². The van der Waals surface area contributed by atoms with Crippen LogP contribution in [0.25, 0.3) is 0 Å². The van der Waals surface area contributed by atoms with E-state index in [0.717, 1.165) is 11.3 Å². The molecule has 0 spiro atoms. The van der Waals surface area contributed by atoms with Crippen LogP contribution in [0, 0.1) is 24.2 Å². The number of thiocarbonyl (C=S) groups is 1. The van der Waals surface area contributed by atoms with Gasteiger partial charge in [-0.05, 0) is 18.6 Å². The minimum absolute atomic E-state index is 0.307. The summed E-state index contributed by atoms with van der Waals surface area (Å²) in [5, 5.41) is 23.7. The number of hydrogen-bond acceptors (Lipinski definition) is 4. The summed E-state index contributed by atoms with van der Waals surface area (Å²) >= 11 is 5.36. The number of nitrogens with one attached hydrogen (secondary N) is 1. The molecule has 1 aliphatic heterocycles. The number of pyridine rings is 2. The minimum atomic E-state index is -1.29. The van der Waals surface area contributed by atoms with Crippen molar-refractivity contribution in [1.82, 2.24) is 10.3 Å². The zero-order valence-electron chi connectivity index (χ0n) is 13.5. The van der Waals surface area contributed by atoms with Crippen molar-refractivity contribution >= 4 is 17.2 Å². The molecule has 3 heterocycles. The van der Waals surface area contributed by atoms with Gasteiger partial charge in [0.25, 0.3) is 0 Å². The molecule has 122 valence electrons. The average Bonchev–Trinajstić information content (AvgIpc) is 2.55. The molecule has 1 aliphatic rings. The Morgan fingerprint density at radius 2 is 2.17 bits per heavy atom. The number of piperidine rings is 1. The van der Waals surface area contributed by atoms with E-state index in [2.05, 4.69) is 16.4 Å². The van der Waals surface area contributed by atoms with E-state index in [1.54, 1.807) is 19.3 Å². The van der Waals surface area contributed by atoms with Gasteiger partial charge in [-0.15, -0.1) is 0 Å². The van der Waals surface area contributed by atoms with E-state index in [0.29, 0.717) is 4.99 Å². The number of aryl methyl sites for hydroxylation is 1. The van der Waals surface area contributed by atoms with E-state index in [4.69, 9.17) is 12.2 Å². The summed E-state index contributed by atoms with van der Waals surface area (Å²) in [6.07, 6.45) is 5.35. The molecule has 24 heavy (non-hydrogen) atoms. The largest absolute Gasteiger partial charge is 0.366 e. The lowest BCUT2D eigenvalue weighted by atomic mass is 9.74. The molecule has 0 unspecified atom stereocenters. The third-order valence-electron chi connectivity index (χ3n) is 4.54. The second kappa shape index (κ2) is 6.27. The molecule has 0 radical (unpaired) electrons. The Morgan fingerprint density at radius 1 is 1.38 bits per heavy atom. The first kappa shape index (κ1) is 16.5. The minimum Gasteiger partial charge on any atom is -0.366 e. The van der Waals surface area contributed by atoms with Gasteiger partial charge in [0.2, 0.25) is 6.04 Å². The maximum absolute atomic E-state index is 11.1. The smallest absolute Gasteiger partial charge is 0.213 e. The molecule has 3 rings (SSSR count). The highest BCUT2D eigenvalue weighted by molar-refractivity contribution is 7.80. The third kappa shape index (κ3) is 2.77. The van der Waals surface area contributed by atoms with Gasteiger partial charge in [-0.25, -0.2) is 0 Å². The Hall–Kier alpha value is -2.36. The van der Waals surface area contributed by atoms with Gasteiger partial charge in [-0.3, -0.25) is 4.98 Å². The molecule has 0 amide bonds. The first-order chi connectivity index (χ1) is 11.5. The van der Waals surface area contributed by atoms with Crippen LogP contribution in [0.1, 0.15) is 30.1 Å². The van der Waals surface area contributed by atoms with Crippen molar-refractivity contribution in [2.45, 2.75) is 31.5 Å². The molecule has 0 saturated carbocycles. The monoisotopic (exact) mass is 339 g/mol. The third-order valence-corrected chi connectivity index (χ3v) is 4.90. The van der Waals surface area contributed by atoms with E-state index in [9.17, 15) is 10.4 Å². The summed E-state index contributed by atoms with van der Waals surface area (Å²) in [6, 6.07) is 11.5. The van der Waals surface area contributed by atoms with Gasteiger partial charge >= 0.3 is 0 Å². The zero-order chi connectivity index (χ0) is 17.3. The molecule has 1 fully saturated rings. The summed E-state index contributed by atoms with van der Waals surface area (Å²) in [6.45, 7) is 3.67. The zero-order valence-corrected chi connectivity index (χ0v) is 14.4. The summed E-state index contributed by atoms with van der Waals surface area (Å²) in [5.41, 5.74) is 0.582. The summed E-state index contributed by atoms with van der Waals surface area (Å²) in [5.74, 6) is -0.847. The van der Waals surface area contributed by atoms with Crippen molar-refractivity contribution in [2.75, 3.05) is 0 Å². The maximum atomic E-state index is 11.1. The van der Waals surface area contributed by atoms with Crippen LogP contribution in [0.5, 0.6) is 0 Å². The van der Waals surface area contributed by atoms with Crippen molar-refractivity contribution in [3.05, 3.63) is 60.2 Å². The van der Waals surface area contributed by atoms with Crippen molar-refractivity contribution in [3.8, 4) is 6.07 Å². The number of aromatic nitrogens is 2.